The Morgan fingerprint density at radius 2 is 2.12 bits per heavy atom. The highest BCUT2D eigenvalue weighted by atomic mass is 127. The molecule has 2 heterocycles. The fraction of sp³-hybridized carbons (Fsp3) is 0.200. The molecule has 0 saturated heterocycles. The molecule has 2 aromatic rings. The molecule has 0 amide bonds. The van der Waals surface area contributed by atoms with Crippen molar-refractivity contribution in [2.45, 2.75) is 13.8 Å². The molecule has 0 aliphatic carbocycles. The summed E-state index contributed by atoms with van der Waals surface area (Å²) < 4.78 is 2.65. The smallest absolute Gasteiger partial charge is 0.186 e. The van der Waals surface area contributed by atoms with E-state index in [0.29, 0.717) is 10.8 Å². The minimum atomic E-state index is 0.306. The summed E-state index contributed by atoms with van der Waals surface area (Å²) in [5.41, 5.74) is 8.23. The van der Waals surface area contributed by atoms with Gasteiger partial charge in [0.25, 0.3) is 0 Å². The van der Waals surface area contributed by atoms with Gasteiger partial charge in [-0.3, -0.25) is 0 Å². The van der Waals surface area contributed by atoms with Gasteiger partial charge in [0.15, 0.2) is 5.82 Å². The predicted octanol–water partition coefficient (Wildman–Crippen LogP) is 1.52. The standard InChI is InChI=1S/C10H10IN5S/c1-5-6(2)14-15-10(8(5)9(12)17)16-4-7(11)3-13-16/h3-4H,1-2H3,(H2,12,17). The third kappa shape index (κ3) is 2.29. The van der Waals surface area contributed by atoms with Gasteiger partial charge in [-0.15, -0.1) is 5.10 Å². The average Bonchev–Trinajstić information content (AvgIpc) is 2.68. The lowest BCUT2D eigenvalue weighted by Crippen LogP contribution is -2.18. The van der Waals surface area contributed by atoms with Crippen molar-refractivity contribution in [2.75, 3.05) is 0 Å². The van der Waals surface area contributed by atoms with Crippen LogP contribution in [0.2, 0.25) is 0 Å². The van der Waals surface area contributed by atoms with Crippen molar-refractivity contribution < 1.29 is 0 Å². The minimum absolute atomic E-state index is 0.306. The summed E-state index contributed by atoms with van der Waals surface area (Å²) in [7, 11) is 0. The van der Waals surface area contributed by atoms with Crippen molar-refractivity contribution in [2.24, 2.45) is 5.73 Å². The van der Waals surface area contributed by atoms with E-state index in [4.69, 9.17) is 18.0 Å². The molecule has 2 aromatic heterocycles. The number of hydrogen-bond donors (Lipinski definition) is 1. The first kappa shape index (κ1) is 12.4. The number of nitrogens with zero attached hydrogens (tertiary/aromatic N) is 4. The van der Waals surface area contributed by atoms with Crippen molar-refractivity contribution in [3.63, 3.8) is 0 Å². The van der Waals surface area contributed by atoms with Gasteiger partial charge in [-0.2, -0.15) is 10.2 Å². The number of halogens is 1. The Morgan fingerprint density at radius 1 is 1.41 bits per heavy atom. The molecule has 0 spiro atoms. The molecule has 0 aliphatic rings. The maximum atomic E-state index is 5.75. The summed E-state index contributed by atoms with van der Waals surface area (Å²) in [5, 5.41) is 12.4. The van der Waals surface area contributed by atoms with E-state index in [1.54, 1.807) is 10.9 Å². The number of rotatable bonds is 2. The zero-order valence-electron chi connectivity index (χ0n) is 9.31. The van der Waals surface area contributed by atoms with Crippen LogP contribution in [0.1, 0.15) is 16.8 Å². The SMILES string of the molecule is Cc1nnc(-n2cc(I)cn2)c(C(N)=S)c1C. The van der Waals surface area contributed by atoms with Gasteiger partial charge in [-0.25, -0.2) is 4.68 Å². The number of aromatic nitrogens is 4. The van der Waals surface area contributed by atoms with E-state index in [1.165, 1.54) is 0 Å². The first-order valence-corrected chi connectivity index (χ1v) is 6.33. The monoisotopic (exact) mass is 359 g/mol. The van der Waals surface area contributed by atoms with Crippen LogP contribution in [0.3, 0.4) is 0 Å². The van der Waals surface area contributed by atoms with Crippen molar-refractivity contribution in [3.05, 3.63) is 32.8 Å². The first-order chi connectivity index (χ1) is 8.00. The highest BCUT2D eigenvalue weighted by molar-refractivity contribution is 14.1. The maximum Gasteiger partial charge on any atom is 0.186 e. The van der Waals surface area contributed by atoms with Crippen LogP contribution in [-0.2, 0) is 0 Å². The number of thiocarbonyl (C=S) groups is 1. The predicted molar refractivity (Wildman–Crippen MR) is 77.2 cm³/mol. The molecule has 0 atom stereocenters. The molecule has 0 aromatic carbocycles. The molecule has 2 N–H and O–H groups in total. The van der Waals surface area contributed by atoms with Crippen LogP contribution >= 0.6 is 34.8 Å². The molecule has 88 valence electrons. The van der Waals surface area contributed by atoms with Crippen molar-refractivity contribution in [1.82, 2.24) is 20.0 Å². The molecule has 7 heteroatoms. The number of nitrogens with two attached hydrogens (primary N) is 1. The first-order valence-electron chi connectivity index (χ1n) is 4.85. The lowest BCUT2D eigenvalue weighted by atomic mass is 10.1. The summed E-state index contributed by atoms with van der Waals surface area (Å²) in [6, 6.07) is 0. The lowest BCUT2D eigenvalue weighted by Gasteiger charge is -2.10. The van der Waals surface area contributed by atoms with Crippen LogP contribution in [0.25, 0.3) is 5.82 Å². The van der Waals surface area contributed by atoms with Crippen molar-refractivity contribution in [1.29, 1.82) is 0 Å². The average molecular weight is 359 g/mol. The fourth-order valence-corrected chi connectivity index (χ4v) is 2.10. The molecule has 0 radical (unpaired) electrons. The number of aryl methyl sites for hydroxylation is 1. The van der Waals surface area contributed by atoms with Crippen molar-refractivity contribution in [3.8, 4) is 5.82 Å². The highest BCUT2D eigenvalue weighted by Crippen LogP contribution is 2.17. The third-order valence-electron chi connectivity index (χ3n) is 2.45. The fourth-order valence-electron chi connectivity index (χ4n) is 1.47. The molecule has 2 rings (SSSR count). The topological polar surface area (TPSA) is 69.6 Å². The zero-order valence-corrected chi connectivity index (χ0v) is 12.3. The van der Waals surface area contributed by atoms with E-state index in [9.17, 15) is 0 Å². The third-order valence-corrected chi connectivity index (χ3v) is 3.21. The highest BCUT2D eigenvalue weighted by Gasteiger charge is 2.15. The molecule has 5 nitrogen and oxygen atoms in total. The molecule has 0 fully saturated rings. The molecular weight excluding hydrogens is 349 g/mol. The molecule has 17 heavy (non-hydrogen) atoms. The zero-order chi connectivity index (χ0) is 12.6. The van der Waals surface area contributed by atoms with Crippen LogP contribution in [-0.4, -0.2) is 25.0 Å². The van der Waals surface area contributed by atoms with E-state index in [0.717, 1.165) is 20.4 Å². The van der Waals surface area contributed by atoms with Crippen LogP contribution in [0.15, 0.2) is 12.4 Å². The van der Waals surface area contributed by atoms with Crippen LogP contribution in [0, 0.1) is 17.4 Å². The number of hydrogen-bond acceptors (Lipinski definition) is 4. The van der Waals surface area contributed by atoms with Crippen molar-refractivity contribution >= 4 is 39.8 Å². The second-order valence-corrected chi connectivity index (χ2v) is 5.26. The van der Waals surface area contributed by atoms with E-state index < -0.39 is 0 Å². The van der Waals surface area contributed by atoms with Gasteiger partial charge in [0.2, 0.25) is 0 Å². The van der Waals surface area contributed by atoms with Gasteiger partial charge in [-0.1, -0.05) is 12.2 Å². The van der Waals surface area contributed by atoms with Crippen LogP contribution < -0.4 is 5.73 Å². The summed E-state index contributed by atoms with van der Waals surface area (Å²) in [6.45, 7) is 3.80. The lowest BCUT2D eigenvalue weighted by molar-refractivity contribution is 0.798. The Bertz CT molecular complexity index is 592. The molecular formula is C10H10IN5S. The molecule has 0 aliphatic heterocycles. The summed E-state index contributed by atoms with van der Waals surface area (Å²) in [5.74, 6) is 0.573. The van der Waals surface area contributed by atoms with E-state index in [-0.39, 0.29) is 0 Å². The van der Waals surface area contributed by atoms with Gasteiger partial charge in [0.1, 0.15) is 4.99 Å². The second-order valence-electron chi connectivity index (χ2n) is 3.58. The second kappa shape index (κ2) is 4.65. The van der Waals surface area contributed by atoms with Crippen LogP contribution in [0.5, 0.6) is 0 Å². The molecule has 0 saturated carbocycles. The van der Waals surface area contributed by atoms with Gasteiger partial charge in [0.05, 0.1) is 21.0 Å². The van der Waals surface area contributed by atoms with E-state index >= 15 is 0 Å². The maximum absolute atomic E-state index is 5.75. The molecule has 0 unspecified atom stereocenters. The summed E-state index contributed by atoms with van der Waals surface area (Å²) >= 11 is 7.25. The Hall–Kier alpha value is -1.09. The van der Waals surface area contributed by atoms with E-state index in [2.05, 4.69) is 37.9 Å². The Morgan fingerprint density at radius 3 is 2.65 bits per heavy atom. The van der Waals surface area contributed by atoms with Gasteiger partial charge in [0, 0.05) is 6.20 Å². The summed E-state index contributed by atoms with van der Waals surface area (Å²) in [6.07, 6.45) is 3.59. The van der Waals surface area contributed by atoms with Gasteiger partial charge >= 0.3 is 0 Å². The Kier molecular flexibility index (Phi) is 3.38. The van der Waals surface area contributed by atoms with Gasteiger partial charge in [-0.05, 0) is 42.0 Å². The summed E-state index contributed by atoms with van der Waals surface area (Å²) in [4.78, 5) is 0.306. The normalized spacial score (nSPS) is 10.5. The molecule has 0 bridgehead atoms. The largest absolute Gasteiger partial charge is 0.389 e. The van der Waals surface area contributed by atoms with Crippen LogP contribution in [0.4, 0.5) is 0 Å². The Balaban J connectivity index is 2.70. The quantitative estimate of drug-likeness (QED) is 0.651. The minimum Gasteiger partial charge on any atom is -0.389 e. The van der Waals surface area contributed by atoms with E-state index in [1.807, 2.05) is 20.0 Å². The Labute approximate surface area is 118 Å². The van der Waals surface area contributed by atoms with Gasteiger partial charge < -0.3 is 5.73 Å².